The van der Waals surface area contributed by atoms with Gasteiger partial charge in [0.1, 0.15) is 18.2 Å². The van der Waals surface area contributed by atoms with E-state index in [0.29, 0.717) is 29.4 Å². The van der Waals surface area contributed by atoms with E-state index >= 15 is 0 Å². The monoisotopic (exact) mass is 341 g/mol. The number of carbonyl (C=O) groups is 1. The van der Waals surface area contributed by atoms with Crippen LogP contribution in [-0.4, -0.2) is 26.1 Å². The number of aromatic nitrogens is 4. The van der Waals surface area contributed by atoms with Gasteiger partial charge in [-0.1, -0.05) is 6.07 Å². The van der Waals surface area contributed by atoms with Gasteiger partial charge in [0, 0.05) is 17.8 Å². The Kier molecular flexibility index (Phi) is 4.98. The van der Waals surface area contributed by atoms with Crippen LogP contribution in [-0.2, 0) is 13.2 Å². The lowest BCUT2D eigenvalue weighted by Crippen LogP contribution is -2.12. The van der Waals surface area contributed by atoms with Gasteiger partial charge >= 0.3 is 0 Å². The Morgan fingerprint density at radius 1 is 1.24 bits per heavy atom. The molecule has 1 heterocycles. The lowest BCUT2D eigenvalue weighted by atomic mass is 10.2. The zero-order chi connectivity index (χ0) is 17.6. The molecule has 1 amide bonds. The number of anilines is 1. The largest absolute Gasteiger partial charge is 0.486 e. The summed E-state index contributed by atoms with van der Waals surface area (Å²) in [4.78, 5) is 12.2. The van der Waals surface area contributed by atoms with E-state index < -0.39 is 5.82 Å². The molecule has 0 aliphatic carbocycles. The molecule has 0 aliphatic heterocycles. The summed E-state index contributed by atoms with van der Waals surface area (Å²) in [6, 6.07) is 12.4. The minimum atomic E-state index is -0.407. The molecule has 0 fully saturated rings. The molecule has 7 nitrogen and oxygen atoms in total. The number of rotatable bonds is 6. The Labute approximate surface area is 143 Å². The second kappa shape index (κ2) is 7.52. The Hall–Kier alpha value is -3.29. The van der Waals surface area contributed by atoms with Gasteiger partial charge in [-0.2, -0.15) is 0 Å². The number of carbonyl (C=O) groups excluding carboxylic acids is 1. The van der Waals surface area contributed by atoms with Crippen molar-refractivity contribution >= 4 is 11.6 Å². The summed E-state index contributed by atoms with van der Waals surface area (Å²) in [5.74, 6) is 0.478. The second-order valence-electron chi connectivity index (χ2n) is 5.19. The topological polar surface area (TPSA) is 81.9 Å². The number of amides is 1. The summed E-state index contributed by atoms with van der Waals surface area (Å²) in [6.07, 6.45) is 0. The minimum absolute atomic E-state index is 0.232. The molecular weight excluding hydrogens is 325 g/mol. The molecule has 0 saturated carbocycles. The quantitative estimate of drug-likeness (QED) is 0.745. The number of aryl methyl sites for hydroxylation is 1. The van der Waals surface area contributed by atoms with E-state index in [-0.39, 0.29) is 12.5 Å². The molecule has 1 aromatic heterocycles. The number of benzene rings is 2. The highest BCUT2D eigenvalue weighted by atomic mass is 19.1. The normalized spacial score (nSPS) is 10.5. The van der Waals surface area contributed by atoms with Gasteiger partial charge in [0.15, 0.2) is 5.82 Å². The molecule has 0 unspecified atom stereocenters. The first-order valence-corrected chi connectivity index (χ1v) is 7.70. The maximum Gasteiger partial charge on any atom is 0.255 e. The van der Waals surface area contributed by atoms with Crippen molar-refractivity contribution in [1.29, 1.82) is 0 Å². The molecule has 128 valence electrons. The van der Waals surface area contributed by atoms with Gasteiger partial charge in [-0.15, -0.1) is 5.10 Å². The fourth-order valence-corrected chi connectivity index (χ4v) is 2.19. The third-order valence-electron chi connectivity index (χ3n) is 3.47. The Bertz CT molecular complexity index is 863. The van der Waals surface area contributed by atoms with Crippen molar-refractivity contribution in [3.63, 3.8) is 0 Å². The lowest BCUT2D eigenvalue weighted by Gasteiger charge is -2.08. The molecule has 3 rings (SSSR count). The number of hydrogen-bond acceptors (Lipinski definition) is 5. The number of nitrogens with one attached hydrogen (secondary N) is 1. The van der Waals surface area contributed by atoms with Gasteiger partial charge in [0.2, 0.25) is 0 Å². The first-order valence-electron chi connectivity index (χ1n) is 7.70. The molecule has 0 aliphatic rings. The van der Waals surface area contributed by atoms with E-state index in [1.54, 1.807) is 35.0 Å². The van der Waals surface area contributed by atoms with E-state index in [9.17, 15) is 9.18 Å². The van der Waals surface area contributed by atoms with Crippen molar-refractivity contribution in [2.75, 3.05) is 5.32 Å². The third-order valence-corrected chi connectivity index (χ3v) is 3.47. The predicted molar refractivity (Wildman–Crippen MR) is 88.6 cm³/mol. The van der Waals surface area contributed by atoms with Crippen LogP contribution < -0.4 is 10.1 Å². The van der Waals surface area contributed by atoms with Crippen LogP contribution in [0, 0.1) is 5.82 Å². The van der Waals surface area contributed by atoms with E-state index in [4.69, 9.17) is 4.74 Å². The SMILES string of the molecule is CCn1nnnc1COc1ccc(C(=O)Nc2cccc(F)c2)cc1. The smallest absolute Gasteiger partial charge is 0.255 e. The zero-order valence-electron chi connectivity index (χ0n) is 13.5. The molecule has 1 N–H and O–H groups in total. The molecule has 0 bridgehead atoms. The van der Waals surface area contributed by atoms with Crippen LogP contribution in [0.3, 0.4) is 0 Å². The lowest BCUT2D eigenvalue weighted by molar-refractivity contribution is 0.102. The highest BCUT2D eigenvalue weighted by Gasteiger charge is 2.08. The molecule has 0 radical (unpaired) electrons. The van der Waals surface area contributed by atoms with Crippen LogP contribution in [0.15, 0.2) is 48.5 Å². The van der Waals surface area contributed by atoms with Crippen LogP contribution in [0.25, 0.3) is 0 Å². The average molecular weight is 341 g/mol. The van der Waals surface area contributed by atoms with Gasteiger partial charge in [0.05, 0.1) is 0 Å². The molecule has 0 saturated heterocycles. The molecule has 0 spiro atoms. The van der Waals surface area contributed by atoms with Crippen LogP contribution >= 0.6 is 0 Å². The van der Waals surface area contributed by atoms with E-state index in [1.165, 1.54) is 18.2 Å². The highest BCUT2D eigenvalue weighted by molar-refractivity contribution is 6.04. The van der Waals surface area contributed by atoms with Gasteiger partial charge in [-0.25, -0.2) is 9.07 Å². The fourth-order valence-electron chi connectivity index (χ4n) is 2.19. The Morgan fingerprint density at radius 3 is 2.76 bits per heavy atom. The fraction of sp³-hybridized carbons (Fsp3) is 0.176. The van der Waals surface area contributed by atoms with Crippen LogP contribution in [0.5, 0.6) is 5.75 Å². The Balaban J connectivity index is 1.60. The summed E-state index contributed by atoms with van der Waals surface area (Å²) in [5.41, 5.74) is 0.840. The summed E-state index contributed by atoms with van der Waals surface area (Å²) in [7, 11) is 0. The predicted octanol–water partition coefficient (Wildman–Crippen LogP) is 2.66. The number of nitrogens with zero attached hydrogens (tertiary/aromatic N) is 4. The van der Waals surface area contributed by atoms with Crippen molar-refractivity contribution in [2.45, 2.75) is 20.1 Å². The first kappa shape index (κ1) is 16.6. The number of tetrazole rings is 1. The summed E-state index contributed by atoms with van der Waals surface area (Å²) in [5, 5.41) is 13.9. The summed E-state index contributed by atoms with van der Waals surface area (Å²) in [6.45, 7) is 2.83. The highest BCUT2D eigenvalue weighted by Crippen LogP contribution is 2.16. The van der Waals surface area contributed by atoms with E-state index in [2.05, 4.69) is 20.8 Å². The van der Waals surface area contributed by atoms with Gasteiger partial charge in [-0.05, 0) is 59.8 Å². The maximum atomic E-state index is 13.1. The molecule has 3 aromatic rings. The van der Waals surface area contributed by atoms with Gasteiger partial charge in [0.25, 0.3) is 5.91 Å². The van der Waals surface area contributed by atoms with E-state index in [1.807, 2.05) is 6.92 Å². The summed E-state index contributed by atoms with van der Waals surface area (Å²) >= 11 is 0. The number of halogens is 1. The molecule has 2 aromatic carbocycles. The van der Waals surface area contributed by atoms with Crippen LogP contribution in [0.1, 0.15) is 23.1 Å². The summed E-state index contributed by atoms with van der Waals surface area (Å²) < 4.78 is 20.4. The van der Waals surface area contributed by atoms with Gasteiger partial charge in [-0.3, -0.25) is 4.79 Å². The van der Waals surface area contributed by atoms with Crippen molar-refractivity contribution < 1.29 is 13.9 Å². The molecule has 8 heteroatoms. The molecular formula is C17H16FN5O2. The second-order valence-corrected chi connectivity index (χ2v) is 5.19. The molecule has 0 atom stereocenters. The van der Waals surface area contributed by atoms with Crippen LogP contribution in [0.4, 0.5) is 10.1 Å². The van der Waals surface area contributed by atoms with Crippen molar-refractivity contribution in [3.8, 4) is 5.75 Å². The third kappa shape index (κ3) is 4.17. The zero-order valence-corrected chi connectivity index (χ0v) is 13.5. The van der Waals surface area contributed by atoms with Crippen LogP contribution in [0.2, 0.25) is 0 Å². The molecule has 25 heavy (non-hydrogen) atoms. The maximum absolute atomic E-state index is 13.1. The minimum Gasteiger partial charge on any atom is -0.486 e. The standard InChI is InChI=1S/C17H16FN5O2/c1-2-23-16(20-21-22-23)11-25-15-8-6-12(7-9-15)17(24)19-14-5-3-4-13(18)10-14/h3-10H,2,11H2,1H3,(H,19,24). The van der Waals surface area contributed by atoms with Gasteiger partial charge < -0.3 is 10.1 Å². The van der Waals surface area contributed by atoms with Crippen molar-refractivity contribution in [1.82, 2.24) is 20.2 Å². The number of hydrogen-bond donors (Lipinski definition) is 1. The first-order chi connectivity index (χ1) is 12.2. The van der Waals surface area contributed by atoms with Crippen molar-refractivity contribution in [3.05, 3.63) is 65.7 Å². The average Bonchev–Trinajstić information content (AvgIpc) is 3.08. The number of ether oxygens (including phenoxy) is 1. The van der Waals surface area contributed by atoms with E-state index in [0.717, 1.165) is 0 Å². The van der Waals surface area contributed by atoms with Crippen molar-refractivity contribution in [2.24, 2.45) is 0 Å². The Morgan fingerprint density at radius 2 is 2.04 bits per heavy atom.